The number of amides is 1. The standard InChI is InChI=1S/C13H22N6O/c1-8(2)10-11(17-7-18-12(10)19-14)15-5-6-16-13(20)9-3-4-9/h7-9H,3-6,14H2,1-2H3,(H,16,20)(H2,15,17,18,19). The van der Waals surface area contributed by atoms with Crippen LogP contribution in [0.2, 0.25) is 0 Å². The molecule has 0 unspecified atom stereocenters. The summed E-state index contributed by atoms with van der Waals surface area (Å²) in [7, 11) is 0. The van der Waals surface area contributed by atoms with Crippen LogP contribution in [0.3, 0.4) is 0 Å². The van der Waals surface area contributed by atoms with Crippen molar-refractivity contribution in [2.24, 2.45) is 11.8 Å². The van der Waals surface area contributed by atoms with Gasteiger partial charge in [0.1, 0.15) is 18.0 Å². The van der Waals surface area contributed by atoms with Gasteiger partial charge in [0.05, 0.1) is 0 Å². The molecule has 1 fully saturated rings. The van der Waals surface area contributed by atoms with E-state index in [1.54, 1.807) is 0 Å². The summed E-state index contributed by atoms with van der Waals surface area (Å²) < 4.78 is 0. The van der Waals surface area contributed by atoms with Crippen LogP contribution in [-0.2, 0) is 4.79 Å². The predicted molar refractivity (Wildman–Crippen MR) is 78.2 cm³/mol. The molecule has 2 rings (SSSR count). The van der Waals surface area contributed by atoms with E-state index in [-0.39, 0.29) is 17.7 Å². The molecule has 110 valence electrons. The van der Waals surface area contributed by atoms with Crippen molar-refractivity contribution in [3.05, 3.63) is 11.9 Å². The van der Waals surface area contributed by atoms with E-state index in [4.69, 9.17) is 5.84 Å². The van der Waals surface area contributed by atoms with Crippen molar-refractivity contribution >= 4 is 17.5 Å². The second-order valence-corrected chi connectivity index (χ2v) is 5.28. The van der Waals surface area contributed by atoms with Crippen LogP contribution >= 0.6 is 0 Å². The zero-order valence-corrected chi connectivity index (χ0v) is 11.9. The highest BCUT2D eigenvalue weighted by atomic mass is 16.2. The molecule has 0 saturated heterocycles. The SMILES string of the molecule is CC(C)c1c(NN)ncnc1NCCNC(=O)C1CC1. The molecule has 1 amide bonds. The fraction of sp³-hybridized carbons (Fsp3) is 0.615. The first-order valence-electron chi connectivity index (χ1n) is 6.96. The number of rotatable bonds is 7. The Balaban J connectivity index is 1.89. The summed E-state index contributed by atoms with van der Waals surface area (Å²) >= 11 is 0. The van der Waals surface area contributed by atoms with Gasteiger partial charge in [-0.3, -0.25) is 4.79 Å². The third-order valence-electron chi connectivity index (χ3n) is 3.26. The minimum atomic E-state index is 0.155. The van der Waals surface area contributed by atoms with Crippen LogP contribution in [-0.4, -0.2) is 29.0 Å². The van der Waals surface area contributed by atoms with E-state index in [1.165, 1.54) is 6.33 Å². The van der Waals surface area contributed by atoms with E-state index in [1.807, 2.05) is 0 Å². The number of carbonyl (C=O) groups is 1. The minimum absolute atomic E-state index is 0.155. The van der Waals surface area contributed by atoms with E-state index < -0.39 is 0 Å². The number of hydrogen-bond donors (Lipinski definition) is 4. The number of nitrogens with one attached hydrogen (secondary N) is 3. The molecule has 5 N–H and O–H groups in total. The highest BCUT2D eigenvalue weighted by Crippen LogP contribution is 2.29. The summed E-state index contributed by atoms with van der Waals surface area (Å²) in [6.07, 6.45) is 3.51. The molecular formula is C13H22N6O. The van der Waals surface area contributed by atoms with Crippen molar-refractivity contribution in [3.63, 3.8) is 0 Å². The quantitative estimate of drug-likeness (QED) is 0.334. The molecule has 0 bridgehead atoms. The zero-order chi connectivity index (χ0) is 14.5. The minimum Gasteiger partial charge on any atom is -0.368 e. The molecule has 1 saturated carbocycles. The van der Waals surface area contributed by atoms with Crippen molar-refractivity contribution in [2.75, 3.05) is 23.8 Å². The van der Waals surface area contributed by atoms with Gasteiger partial charge in [-0.15, -0.1) is 0 Å². The van der Waals surface area contributed by atoms with Crippen LogP contribution in [0.25, 0.3) is 0 Å². The van der Waals surface area contributed by atoms with Gasteiger partial charge in [-0.25, -0.2) is 15.8 Å². The molecule has 7 heteroatoms. The van der Waals surface area contributed by atoms with Gasteiger partial charge in [0.2, 0.25) is 5.91 Å². The maximum Gasteiger partial charge on any atom is 0.223 e. The Morgan fingerprint density at radius 1 is 1.35 bits per heavy atom. The Morgan fingerprint density at radius 2 is 2.05 bits per heavy atom. The van der Waals surface area contributed by atoms with Gasteiger partial charge >= 0.3 is 0 Å². The summed E-state index contributed by atoms with van der Waals surface area (Å²) in [5.41, 5.74) is 3.54. The van der Waals surface area contributed by atoms with Crippen LogP contribution in [0, 0.1) is 5.92 Å². The van der Waals surface area contributed by atoms with Crippen LogP contribution in [0.5, 0.6) is 0 Å². The Morgan fingerprint density at radius 3 is 2.65 bits per heavy atom. The molecule has 0 radical (unpaired) electrons. The third-order valence-corrected chi connectivity index (χ3v) is 3.26. The topological polar surface area (TPSA) is 105 Å². The Labute approximate surface area is 118 Å². The van der Waals surface area contributed by atoms with Crippen LogP contribution < -0.4 is 21.9 Å². The monoisotopic (exact) mass is 278 g/mol. The van der Waals surface area contributed by atoms with Crippen molar-refractivity contribution in [3.8, 4) is 0 Å². The molecule has 1 aromatic heterocycles. The van der Waals surface area contributed by atoms with Crippen molar-refractivity contribution in [1.82, 2.24) is 15.3 Å². The average Bonchev–Trinajstić information content (AvgIpc) is 3.27. The van der Waals surface area contributed by atoms with Gasteiger partial charge in [-0.05, 0) is 18.8 Å². The first-order chi connectivity index (χ1) is 9.63. The lowest BCUT2D eigenvalue weighted by molar-refractivity contribution is -0.122. The number of nitrogens with zero attached hydrogens (tertiary/aromatic N) is 2. The number of hydrazine groups is 1. The molecule has 0 atom stereocenters. The van der Waals surface area contributed by atoms with Gasteiger partial charge < -0.3 is 16.1 Å². The van der Waals surface area contributed by atoms with E-state index >= 15 is 0 Å². The molecule has 1 aromatic rings. The van der Waals surface area contributed by atoms with E-state index in [0.29, 0.717) is 18.9 Å². The molecule has 0 aliphatic heterocycles. The smallest absolute Gasteiger partial charge is 0.223 e. The molecule has 0 spiro atoms. The predicted octanol–water partition coefficient (Wildman–Crippen LogP) is 0.824. The molecule has 0 aromatic carbocycles. The third kappa shape index (κ3) is 3.57. The van der Waals surface area contributed by atoms with Crippen LogP contribution in [0.1, 0.15) is 38.2 Å². The lowest BCUT2D eigenvalue weighted by atomic mass is 10.0. The first kappa shape index (κ1) is 14.5. The van der Waals surface area contributed by atoms with Gasteiger partial charge in [0.25, 0.3) is 0 Å². The van der Waals surface area contributed by atoms with E-state index in [0.717, 1.165) is 24.2 Å². The number of anilines is 2. The molecule has 20 heavy (non-hydrogen) atoms. The lowest BCUT2D eigenvalue weighted by Crippen LogP contribution is -2.30. The van der Waals surface area contributed by atoms with Crippen LogP contribution in [0.4, 0.5) is 11.6 Å². The van der Waals surface area contributed by atoms with Crippen LogP contribution in [0.15, 0.2) is 6.33 Å². The second kappa shape index (κ2) is 6.51. The first-order valence-corrected chi connectivity index (χ1v) is 6.96. The van der Waals surface area contributed by atoms with Crippen molar-refractivity contribution < 1.29 is 4.79 Å². The van der Waals surface area contributed by atoms with E-state index in [9.17, 15) is 4.79 Å². The zero-order valence-electron chi connectivity index (χ0n) is 11.9. The largest absolute Gasteiger partial charge is 0.368 e. The fourth-order valence-corrected chi connectivity index (χ4v) is 2.05. The highest BCUT2D eigenvalue weighted by Gasteiger charge is 2.29. The van der Waals surface area contributed by atoms with Crippen molar-refractivity contribution in [2.45, 2.75) is 32.6 Å². The molecule has 7 nitrogen and oxygen atoms in total. The molecule has 1 aliphatic carbocycles. The van der Waals surface area contributed by atoms with Gasteiger partial charge in [-0.2, -0.15) is 0 Å². The summed E-state index contributed by atoms with van der Waals surface area (Å²) in [5, 5.41) is 6.13. The second-order valence-electron chi connectivity index (χ2n) is 5.28. The number of aromatic nitrogens is 2. The molecule has 1 heterocycles. The number of carbonyl (C=O) groups excluding carboxylic acids is 1. The maximum atomic E-state index is 11.5. The summed E-state index contributed by atoms with van der Waals surface area (Å²) in [4.78, 5) is 19.9. The van der Waals surface area contributed by atoms with Gasteiger partial charge in [0.15, 0.2) is 0 Å². The molecule has 1 aliphatic rings. The number of nitrogens with two attached hydrogens (primary N) is 1. The maximum absolute atomic E-state index is 11.5. The number of nitrogen functional groups attached to an aromatic ring is 1. The Bertz CT molecular complexity index is 472. The fourth-order valence-electron chi connectivity index (χ4n) is 2.05. The average molecular weight is 278 g/mol. The number of hydrogen-bond acceptors (Lipinski definition) is 6. The Kier molecular flexibility index (Phi) is 4.73. The normalized spacial score (nSPS) is 14.2. The lowest BCUT2D eigenvalue weighted by Gasteiger charge is -2.16. The van der Waals surface area contributed by atoms with Crippen molar-refractivity contribution in [1.29, 1.82) is 0 Å². The van der Waals surface area contributed by atoms with Gasteiger partial charge in [-0.1, -0.05) is 13.8 Å². The molecular weight excluding hydrogens is 256 g/mol. The summed E-state index contributed by atoms with van der Waals surface area (Å²) in [6, 6.07) is 0. The summed E-state index contributed by atoms with van der Waals surface area (Å²) in [6.45, 7) is 5.32. The Hall–Kier alpha value is -1.89. The van der Waals surface area contributed by atoms with Gasteiger partial charge in [0, 0.05) is 24.6 Å². The summed E-state index contributed by atoms with van der Waals surface area (Å²) in [5.74, 6) is 7.49. The van der Waals surface area contributed by atoms with E-state index in [2.05, 4.69) is 39.9 Å². The highest BCUT2D eigenvalue weighted by molar-refractivity contribution is 5.80.